The molecule has 2 aromatic carbocycles. The van der Waals surface area contributed by atoms with Crippen LogP contribution in [-0.2, 0) is 16.1 Å². The molecular weight excluding hydrogens is 442 g/mol. The molecule has 1 fully saturated rings. The zero-order chi connectivity index (χ0) is 20.7. The van der Waals surface area contributed by atoms with E-state index in [1.807, 2.05) is 53.4 Å². The van der Waals surface area contributed by atoms with Crippen molar-refractivity contribution in [2.45, 2.75) is 19.0 Å². The average Bonchev–Trinajstić information content (AvgIpc) is 3.40. The van der Waals surface area contributed by atoms with Gasteiger partial charge in [-0.2, -0.15) is 0 Å². The summed E-state index contributed by atoms with van der Waals surface area (Å²) in [4.78, 5) is 30.1. The van der Waals surface area contributed by atoms with Gasteiger partial charge in [-0.3, -0.25) is 9.59 Å². The number of nitrogens with zero attached hydrogens (tertiary/aromatic N) is 3. The van der Waals surface area contributed by atoms with E-state index in [9.17, 15) is 9.59 Å². The Labute approximate surface area is 184 Å². The summed E-state index contributed by atoms with van der Waals surface area (Å²) < 4.78 is 3.08. The first-order chi connectivity index (χ1) is 14.6. The lowest BCUT2D eigenvalue weighted by Crippen LogP contribution is -2.45. The highest BCUT2D eigenvalue weighted by Crippen LogP contribution is 2.36. The van der Waals surface area contributed by atoms with Gasteiger partial charge in [-0.05, 0) is 45.8 Å². The first-order valence-electron chi connectivity index (χ1n) is 10.2. The van der Waals surface area contributed by atoms with E-state index >= 15 is 0 Å². The Hall–Kier alpha value is -2.86. The van der Waals surface area contributed by atoms with Crippen LogP contribution in [0.2, 0.25) is 0 Å². The van der Waals surface area contributed by atoms with Crippen molar-refractivity contribution in [3.63, 3.8) is 0 Å². The minimum absolute atomic E-state index is 0.00287. The van der Waals surface area contributed by atoms with Gasteiger partial charge in [-0.25, -0.2) is 0 Å². The molecule has 0 N–H and O–H groups in total. The van der Waals surface area contributed by atoms with Gasteiger partial charge in [-0.1, -0.05) is 42.5 Å². The number of rotatable bonds is 3. The fraction of sp³-hybridized carbons (Fsp3) is 0.250. The van der Waals surface area contributed by atoms with Crippen LogP contribution in [0.1, 0.15) is 23.7 Å². The molecule has 2 amide bonds. The van der Waals surface area contributed by atoms with Crippen LogP contribution in [0.4, 0.5) is 5.69 Å². The summed E-state index contributed by atoms with van der Waals surface area (Å²) in [5, 5.41) is 0. The predicted molar refractivity (Wildman–Crippen MR) is 119 cm³/mol. The summed E-state index contributed by atoms with van der Waals surface area (Å²) in [6.07, 6.45) is 2.32. The Morgan fingerprint density at radius 1 is 0.933 bits per heavy atom. The standard InChI is InChI=1S/C24H22BrN3O2/c25-19-9-4-5-10-20(19)28-16-18(15-22(28)29)24(30)27-14-13-26-12-6-11-21(26)23(27)17-7-2-1-3-8-17/h1-12,18,23H,13-16H2. The molecule has 2 unspecified atom stereocenters. The van der Waals surface area contributed by atoms with Gasteiger partial charge < -0.3 is 14.4 Å². The maximum Gasteiger partial charge on any atom is 0.228 e. The molecule has 3 aromatic rings. The number of carbonyl (C=O) groups is 2. The smallest absolute Gasteiger partial charge is 0.228 e. The van der Waals surface area contributed by atoms with E-state index in [1.54, 1.807) is 4.90 Å². The summed E-state index contributed by atoms with van der Waals surface area (Å²) in [5.74, 6) is -0.284. The SMILES string of the molecule is O=C1CC(C(=O)N2CCn3cccc3C2c2ccccc2)CN1c1ccccc1Br. The van der Waals surface area contributed by atoms with Crippen LogP contribution in [0.25, 0.3) is 0 Å². The first kappa shape index (κ1) is 19.1. The van der Waals surface area contributed by atoms with Crippen molar-refractivity contribution in [3.8, 4) is 0 Å². The average molecular weight is 464 g/mol. The zero-order valence-corrected chi connectivity index (χ0v) is 18.0. The van der Waals surface area contributed by atoms with Crippen molar-refractivity contribution in [1.29, 1.82) is 0 Å². The molecule has 2 atom stereocenters. The highest BCUT2D eigenvalue weighted by Gasteiger charge is 2.41. The molecule has 2 aliphatic heterocycles. The van der Waals surface area contributed by atoms with E-state index < -0.39 is 0 Å². The van der Waals surface area contributed by atoms with Crippen LogP contribution in [-0.4, -0.2) is 34.4 Å². The molecule has 5 nitrogen and oxygen atoms in total. The molecule has 0 spiro atoms. The predicted octanol–water partition coefficient (Wildman–Crippen LogP) is 4.24. The molecule has 6 heteroatoms. The number of benzene rings is 2. The number of amides is 2. The molecule has 2 aliphatic rings. The van der Waals surface area contributed by atoms with E-state index in [4.69, 9.17) is 0 Å². The van der Waals surface area contributed by atoms with Crippen molar-refractivity contribution in [2.75, 3.05) is 18.0 Å². The molecular formula is C24H22BrN3O2. The molecule has 0 bridgehead atoms. The van der Waals surface area contributed by atoms with Gasteiger partial charge in [0.1, 0.15) is 0 Å². The number of halogens is 1. The number of fused-ring (bicyclic) bond motifs is 1. The first-order valence-corrected chi connectivity index (χ1v) is 11.0. The third-order valence-electron chi connectivity index (χ3n) is 6.05. The van der Waals surface area contributed by atoms with Crippen molar-refractivity contribution < 1.29 is 9.59 Å². The van der Waals surface area contributed by atoms with E-state index in [1.165, 1.54) is 0 Å². The van der Waals surface area contributed by atoms with Crippen LogP contribution in [0.3, 0.4) is 0 Å². The van der Waals surface area contributed by atoms with Crippen LogP contribution >= 0.6 is 15.9 Å². The van der Waals surface area contributed by atoms with Crippen molar-refractivity contribution in [1.82, 2.24) is 9.47 Å². The summed E-state index contributed by atoms with van der Waals surface area (Å²) >= 11 is 3.53. The summed E-state index contributed by atoms with van der Waals surface area (Å²) in [7, 11) is 0. The number of para-hydroxylation sites is 1. The summed E-state index contributed by atoms with van der Waals surface area (Å²) in [6.45, 7) is 1.82. The third-order valence-corrected chi connectivity index (χ3v) is 6.72. The Bertz CT molecular complexity index is 1090. The second-order valence-electron chi connectivity index (χ2n) is 7.83. The lowest BCUT2D eigenvalue weighted by molar-refractivity contribution is -0.138. The normalized spacial score (nSPS) is 21.0. The Morgan fingerprint density at radius 3 is 2.50 bits per heavy atom. The summed E-state index contributed by atoms with van der Waals surface area (Å²) in [5.41, 5.74) is 3.04. The minimum Gasteiger partial charge on any atom is -0.348 e. The number of aromatic nitrogens is 1. The molecule has 0 aliphatic carbocycles. The topological polar surface area (TPSA) is 45.6 Å². The number of carbonyl (C=O) groups excluding carboxylic acids is 2. The molecule has 5 rings (SSSR count). The fourth-order valence-corrected chi connectivity index (χ4v) is 5.12. The van der Waals surface area contributed by atoms with Gasteiger partial charge in [0, 0.05) is 42.4 Å². The fourth-order valence-electron chi connectivity index (χ4n) is 4.62. The molecule has 152 valence electrons. The lowest BCUT2D eigenvalue weighted by Gasteiger charge is -2.38. The second-order valence-corrected chi connectivity index (χ2v) is 8.68. The van der Waals surface area contributed by atoms with Crippen LogP contribution in [0.5, 0.6) is 0 Å². The second kappa shape index (κ2) is 7.76. The minimum atomic E-state index is -0.336. The summed E-state index contributed by atoms with van der Waals surface area (Å²) in [6, 6.07) is 21.8. The van der Waals surface area contributed by atoms with Crippen molar-refractivity contribution >= 4 is 33.4 Å². The highest BCUT2D eigenvalue weighted by atomic mass is 79.9. The Morgan fingerprint density at radius 2 is 1.70 bits per heavy atom. The van der Waals surface area contributed by atoms with Gasteiger partial charge in [0.15, 0.2) is 0 Å². The maximum atomic E-state index is 13.6. The Kier molecular flexibility index (Phi) is 4.95. The zero-order valence-electron chi connectivity index (χ0n) is 16.4. The van der Waals surface area contributed by atoms with Gasteiger partial charge in [0.2, 0.25) is 11.8 Å². The number of hydrogen-bond donors (Lipinski definition) is 0. The third kappa shape index (κ3) is 3.25. The quantitative estimate of drug-likeness (QED) is 0.583. The highest BCUT2D eigenvalue weighted by molar-refractivity contribution is 9.10. The molecule has 0 saturated carbocycles. The van der Waals surface area contributed by atoms with E-state index in [-0.39, 0.29) is 30.2 Å². The number of hydrogen-bond acceptors (Lipinski definition) is 2. The van der Waals surface area contributed by atoms with Gasteiger partial charge in [0.05, 0.1) is 17.6 Å². The van der Waals surface area contributed by atoms with E-state index in [2.05, 4.69) is 44.9 Å². The number of anilines is 1. The van der Waals surface area contributed by atoms with Crippen LogP contribution in [0, 0.1) is 5.92 Å². The van der Waals surface area contributed by atoms with E-state index in [0.717, 1.165) is 28.0 Å². The molecule has 1 saturated heterocycles. The van der Waals surface area contributed by atoms with Crippen LogP contribution < -0.4 is 4.90 Å². The van der Waals surface area contributed by atoms with Crippen LogP contribution in [0.15, 0.2) is 77.4 Å². The monoisotopic (exact) mass is 463 g/mol. The Balaban J connectivity index is 1.44. The molecule has 3 heterocycles. The van der Waals surface area contributed by atoms with Gasteiger partial charge in [-0.15, -0.1) is 0 Å². The van der Waals surface area contributed by atoms with E-state index in [0.29, 0.717) is 13.1 Å². The van der Waals surface area contributed by atoms with Crippen molar-refractivity contribution in [3.05, 3.63) is 88.7 Å². The molecule has 1 aromatic heterocycles. The van der Waals surface area contributed by atoms with Gasteiger partial charge >= 0.3 is 0 Å². The molecule has 0 radical (unpaired) electrons. The van der Waals surface area contributed by atoms with Crippen molar-refractivity contribution in [2.24, 2.45) is 5.92 Å². The van der Waals surface area contributed by atoms with Gasteiger partial charge in [0.25, 0.3) is 0 Å². The lowest BCUT2D eigenvalue weighted by atomic mass is 9.97. The molecule has 30 heavy (non-hydrogen) atoms. The maximum absolute atomic E-state index is 13.6. The largest absolute Gasteiger partial charge is 0.348 e.